The fourth-order valence-corrected chi connectivity index (χ4v) is 1.69. The van der Waals surface area contributed by atoms with Crippen molar-refractivity contribution in [3.63, 3.8) is 0 Å². The normalized spacial score (nSPS) is 10.0. The Morgan fingerprint density at radius 3 is 2.36 bits per heavy atom. The predicted octanol–water partition coefficient (Wildman–Crippen LogP) is 1.77. The van der Waals surface area contributed by atoms with Gasteiger partial charge in [-0.05, 0) is 48.8 Å². The third-order valence-corrected chi connectivity index (χ3v) is 2.86. The monoisotopic (exact) mass is 323 g/mol. The molecule has 1 rings (SSSR count). The molecule has 1 aromatic carbocycles. The Morgan fingerprint density at radius 1 is 1.18 bits per heavy atom. The summed E-state index contributed by atoms with van der Waals surface area (Å²) in [7, 11) is 0. The van der Waals surface area contributed by atoms with Gasteiger partial charge in [0.05, 0.1) is 6.61 Å². The second-order valence-electron chi connectivity index (χ2n) is 5.14. The molecule has 3 N–H and O–H groups in total. The van der Waals surface area contributed by atoms with Gasteiger partial charge in [0.15, 0.2) is 5.11 Å². The van der Waals surface area contributed by atoms with Crippen LogP contribution in [0.5, 0.6) is 5.75 Å². The van der Waals surface area contributed by atoms with Crippen molar-refractivity contribution in [3.8, 4) is 5.75 Å². The van der Waals surface area contributed by atoms with E-state index in [1.54, 1.807) is 24.3 Å². The zero-order valence-corrected chi connectivity index (χ0v) is 13.8. The van der Waals surface area contributed by atoms with Gasteiger partial charge in [-0.15, -0.1) is 0 Å². The Kier molecular flexibility index (Phi) is 7.31. The predicted molar refractivity (Wildman–Crippen MR) is 88.4 cm³/mol. The number of benzene rings is 1. The van der Waals surface area contributed by atoms with Crippen LogP contribution in [-0.4, -0.2) is 23.5 Å². The highest BCUT2D eigenvalue weighted by Crippen LogP contribution is 2.13. The Labute approximate surface area is 135 Å². The van der Waals surface area contributed by atoms with Crippen molar-refractivity contribution in [2.45, 2.75) is 27.2 Å². The Bertz CT molecular complexity index is 529. The first kappa shape index (κ1) is 17.9. The van der Waals surface area contributed by atoms with Crippen molar-refractivity contribution in [2.24, 2.45) is 5.92 Å². The molecule has 0 radical (unpaired) electrons. The van der Waals surface area contributed by atoms with Gasteiger partial charge in [-0.2, -0.15) is 0 Å². The molecule has 0 aliphatic heterocycles. The van der Waals surface area contributed by atoms with E-state index in [4.69, 9.17) is 17.0 Å². The maximum atomic E-state index is 11.9. The maximum Gasteiger partial charge on any atom is 0.269 e. The van der Waals surface area contributed by atoms with Crippen LogP contribution in [0, 0.1) is 5.92 Å². The maximum absolute atomic E-state index is 11.9. The fourth-order valence-electron chi connectivity index (χ4n) is 1.49. The molecule has 0 aliphatic carbocycles. The minimum Gasteiger partial charge on any atom is -0.494 e. The SMILES string of the molecule is CC(=O)NC(=S)NNC(=O)c1ccc(OCCC(C)C)cc1. The second kappa shape index (κ2) is 8.99. The van der Waals surface area contributed by atoms with Gasteiger partial charge in [-0.1, -0.05) is 13.8 Å². The molecule has 0 fully saturated rings. The molecular weight excluding hydrogens is 302 g/mol. The Morgan fingerprint density at radius 2 is 1.82 bits per heavy atom. The van der Waals surface area contributed by atoms with Crippen LogP contribution in [0.1, 0.15) is 37.6 Å². The third kappa shape index (κ3) is 7.03. The summed E-state index contributed by atoms with van der Waals surface area (Å²) in [4.78, 5) is 22.6. The largest absolute Gasteiger partial charge is 0.494 e. The van der Waals surface area contributed by atoms with Crippen LogP contribution in [0.4, 0.5) is 0 Å². The van der Waals surface area contributed by atoms with Crippen molar-refractivity contribution in [2.75, 3.05) is 6.61 Å². The summed E-state index contributed by atoms with van der Waals surface area (Å²) in [5.41, 5.74) is 5.29. The number of hydrogen-bond donors (Lipinski definition) is 3. The number of thiocarbonyl (C=S) groups is 1. The van der Waals surface area contributed by atoms with Crippen molar-refractivity contribution in [1.29, 1.82) is 0 Å². The number of hydrogen-bond acceptors (Lipinski definition) is 4. The van der Waals surface area contributed by atoms with E-state index in [0.29, 0.717) is 18.1 Å². The van der Waals surface area contributed by atoms with E-state index in [0.717, 1.165) is 12.2 Å². The average molecular weight is 323 g/mol. The van der Waals surface area contributed by atoms with Gasteiger partial charge in [0, 0.05) is 12.5 Å². The first-order chi connectivity index (χ1) is 10.4. The van der Waals surface area contributed by atoms with E-state index in [-0.39, 0.29) is 16.9 Å². The lowest BCUT2D eigenvalue weighted by molar-refractivity contribution is -0.117. The number of carbonyl (C=O) groups excluding carboxylic acids is 2. The van der Waals surface area contributed by atoms with Gasteiger partial charge in [0.25, 0.3) is 5.91 Å². The molecule has 0 aromatic heterocycles. The quantitative estimate of drug-likeness (QED) is 0.568. The van der Waals surface area contributed by atoms with Crippen LogP contribution in [0.25, 0.3) is 0 Å². The summed E-state index contributed by atoms with van der Waals surface area (Å²) in [5, 5.41) is 2.37. The molecule has 0 spiro atoms. The van der Waals surface area contributed by atoms with Gasteiger partial charge in [-0.25, -0.2) is 0 Å². The summed E-state index contributed by atoms with van der Waals surface area (Å²) < 4.78 is 5.58. The minimum atomic E-state index is -0.360. The van der Waals surface area contributed by atoms with Crippen LogP contribution in [0.2, 0.25) is 0 Å². The molecule has 22 heavy (non-hydrogen) atoms. The zero-order chi connectivity index (χ0) is 16.5. The van der Waals surface area contributed by atoms with E-state index in [1.165, 1.54) is 6.92 Å². The molecular formula is C15H21N3O3S. The second-order valence-corrected chi connectivity index (χ2v) is 5.55. The lowest BCUT2D eigenvalue weighted by Gasteiger charge is -2.10. The highest BCUT2D eigenvalue weighted by Gasteiger charge is 2.06. The third-order valence-electron chi connectivity index (χ3n) is 2.66. The summed E-state index contributed by atoms with van der Waals surface area (Å²) in [5.74, 6) is 0.638. The Balaban J connectivity index is 2.43. The molecule has 7 heteroatoms. The van der Waals surface area contributed by atoms with Crippen LogP contribution in [-0.2, 0) is 4.79 Å². The van der Waals surface area contributed by atoms with Crippen molar-refractivity contribution >= 4 is 29.1 Å². The molecule has 1 aromatic rings. The molecule has 0 aliphatic rings. The molecule has 0 heterocycles. The zero-order valence-electron chi connectivity index (χ0n) is 12.9. The lowest BCUT2D eigenvalue weighted by atomic mass is 10.1. The number of ether oxygens (including phenoxy) is 1. The van der Waals surface area contributed by atoms with Gasteiger partial charge >= 0.3 is 0 Å². The highest BCUT2D eigenvalue weighted by atomic mass is 32.1. The first-order valence-corrected chi connectivity index (χ1v) is 7.40. The van der Waals surface area contributed by atoms with Gasteiger partial charge < -0.3 is 10.1 Å². The molecule has 6 nitrogen and oxygen atoms in total. The number of nitrogens with one attached hydrogen (secondary N) is 3. The molecule has 120 valence electrons. The average Bonchev–Trinajstić information content (AvgIpc) is 2.44. The van der Waals surface area contributed by atoms with Crippen LogP contribution < -0.4 is 20.9 Å². The molecule has 0 saturated carbocycles. The molecule has 0 saturated heterocycles. The summed E-state index contributed by atoms with van der Waals surface area (Å²) in [6, 6.07) is 6.79. The molecule has 0 bridgehead atoms. The number of amides is 2. The lowest BCUT2D eigenvalue weighted by Crippen LogP contribution is -2.47. The Hall–Kier alpha value is -2.15. The topological polar surface area (TPSA) is 79.5 Å². The minimum absolute atomic E-state index is 0.0366. The molecule has 0 atom stereocenters. The smallest absolute Gasteiger partial charge is 0.269 e. The number of hydrazine groups is 1. The van der Waals surface area contributed by atoms with Crippen LogP contribution >= 0.6 is 12.2 Å². The number of carbonyl (C=O) groups is 2. The van der Waals surface area contributed by atoms with Crippen LogP contribution in [0.15, 0.2) is 24.3 Å². The summed E-state index contributed by atoms with van der Waals surface area (Å²) in [6.45, 7) is 6.24. The summed E-state index contributed by atoms with van der Waals surface area (Å²) >= 11 is 4.81. The van der Waals surface area contributed by atoms with Crippen molar-refractivity contribution < 1.29 is 14.3 Å². The van der Waals surface area contributed by atoms with E-state index < -0.39 is 0 Å². The standard InChI is InChI=1S/C15H21N3O3S/c1-10(2)8-9-21-13-6-4-12(5-7-13)14(20)17-18-15(22)16-11(3)19/h4-7,10H,8-9H2,1-3H3,(H,17,20)(H2,16,18,19,22). The van der Waals surface area contributed by atoms with Gasteiger partial charge in [-0.3, -0.25) is 20.4 Å². The van der Waals surface area contributed by atoms with Crippen molar-refractivity contribution in [3.05, 3.63) is 29.8 Å². The van der Waals surface area contributed by atoms with Crippen LogP contribution in [0.3, 0.4) is 0 Å². The summed E-state index contributed by atoms with van der Waals surface area (Å²) in [6.07, 6.45) is 0.979. The van der Waals surface area contributed by atoms with Gasteiger partial charge in [0.1, 0.15) is 5.75 Å². The van der Waals surface area contributed by atoms with E-state index in [2.05, 4.69) is 30.0 Å². The number of rotatable bonds is 5. The first-order valence-electron chi connectivity index (χ1n) is 6.99. The fraction of sp³-hybridized carbons (Fsp3) is 0.400. The van der Waals surface area contributed by atoms with E-state index >= 15 is 0 Å². The highest BCUT2D eigenvalue weighted by molar-refractivity contribution is 7.80. The van der Waals surface area contributed by atoms with Gasteiger partial charge in [0.2, 0.25) is 5.91 Å². The van der Waals surface area contributed by atoms with E-state index in [1.807, 2.05) is 0 Å². The molecule has 2 amide bonds. The molecule has 0 unspecified atom stereocenters. The van der Waals surface area contributed by atoms with Crippen molar-refractivity contribution in [1.82, 2.24) is 16.2 Å². The van der Waals surface area contributed by atoms with E-state index in [9.17, 15) is 9.59 Å².